The van der Waals surface area contributed by atoms with E-state index in [1.165, 1.54) is 0 Å². The fourth-order valence-corrected chi connectivity index (χ4v) is 2.25. The van der Waals surface area contributed by atoms with Crippen LogP contribution in [-0.4, -0.2) is 54.1 Å². The van der Waals surface area contributed by atoms with Crippen molar-refractivity contribution < 1.29 is 19.4 Å². The predicted octanol–water partition coefficient (Wildman–Crippen LogP) is 1.39. The molecule has 2 aliphatic rings. The van der Waals surface area contributed by atoms with E-state index in [0.717, 1.165) is 12.8 Å². The van der Waals surface area contributed by atoms with Gasteiger partial charge in [0, 0.05) is 12.0 Å². The largest absolute Gasteiger partial charge is 0.444 e. The van der Waals surface area contributed by atoms with Crippen LogP contribution >= 0.6 is 0 Å². The molecule has 0 spiro atoms. The normalized spacial score (nSPS) is 26.9. The molecule has 1 atom stereocenters. The molecule has 0 aromatic heterocycles. The molecular weight excluding hydrogens is 234 g/mol. The Hall–Kier alpha value is -0.810. The van der Waals surface area contributed by atoms with Crippen LogP contribution in [0.5, 0.6) is 0 Å². The maximum Gasteiger partial charge on any atom is 0.410 e. The van der Waals surface area contributed by atoms with E-state index >= 15 is 0 Å². The summed E-state index contributed by atoms with van der Waals surface area (Å²) in [5.74, 6) is 0. The number of hydrogen-bond donors (Lipinski definition) is 1. The third-order valence-electron chi connectivity index (χ3n) is 3.61. The van der Waals surface area contributed by atoms with Gasteiger partial charge in [0.15, 0.2) is 0 Å². The standard InChI is InChI=1S/C13H23NO4/c1-12(2,3)18-11(16)14-6-7-17-10(8-14)13(9-15)4-5-13/h10,15H,4-9H2,1-3H3. The number of morpholine rings is 1. The molecule has 5 nitrogen and oxygen atoms in total. The Morgan fingerprint density at radius 1 is 1.50 bits per heavy atom. The zero-order valence-electron chi connectivity index (χ0n) is 11.4. The summed E-state index contributed by atoms with van der Waals surface area (Å²) in [6.45, 7) is 7.32. The SMILES string of the molecule is CC(C)(C)OC(=O)N1CCOC(C2(CO)CC2)C1. The van der Waals surface area contributed by atoms with E-state index in [2.05, 4.69) is 0 Å². The van der Waals surface area contributed by atoms with E-state index in [1.54, 1.807) is 4.90 Å². The third-order valence-corrected chi connectivity index (χ3v) is 3.61. The van der Waals surface area contributed by atoms with E-state index in [0.29, 0.717) is 19.7 Å². The van der Waals surface area contributed by atoms with Gasteiger partial charge in [-0.3, -0.25) is 0 Å². The van der Waals surface area contributed by atoms with Crippen molar-refractivity contribution in [2.24, 2.45) is 5.41 Å². The lowest BCUT2D eigenvalue weighted by Gasteiger charge is -2.37. The second kappa shape index (κ2) is 4.70. The fourth-order valence-electron chi connectivity index (χ4n) is 2.25. The van der Waals surface area contributed by atoms with Crippen molar-refractivity contribution in [3.8, 4) is 0 Å². The Bertz CT molecular complexity index is 319. The van der Waals surface area contributed by atoms with Gasteiger partial charge in [-0.1, -0.05) is 0 Å². The quantitative estimate of drug-likeness (QED) is 0.812. The van der Waals surface area contributed by atoms with Gasteiger partial charge in [-0.25, -0.2) is 4.79 Å². The van der Waals surface area contributed by atoms with Crippen LogP contribution in [-0.2, 0) is 9.47 Å². The minimum atomic E-state index is -0.473. The van der Waals surface area contributed by atoms with Crippen LogP contribution in [0.4, 0.5) is 4.79 Å². The zero-order valence-corrected chi connectivity index (χ0v) is 11.4. The topological polar surface area (TPSA) is 59.0 Å². The van der Waals surface area contributed by atoms with Crippen LogP contribution in [0.25, 0.3) is 0 Å². The number of nitrogens with zero attached hydrogens (tertiary/aromatic N) is 1. The Morgan fingerprint density at radius 3 is 2.67 bits per heavy atom. The molecule has 1 unspecified atom stereocenters. The molecule has 0 bridgehead atoms. The molecule has 1 saturated heterocycles. The average molecular weight is 257 g/mol. The summed E-state index contributed by atoms with van der Waals surface area (Å²) in [5, 5.41) is 9.41. The summed E-state index contributed by atoms with van der Waals surface area (Å²) in [5.41, 5.74) is -0.584. The molecule has 2 fully saturated rings. The number of ether oxygens (including phenoxy) is 2. The Kier molecular flexibility index (Phi) is 3.56. The number of hydrogen-bond acceptors (Lipinski definition) is 4. The molecule has 1 aliphatic heterocycles. The van der Waals surface area contributed by atoms with Gasteiger partial charge in [-0.2, -0.15) is 0 Å². The molecule has 1 amide bonds. The minimum Gasteiger partial charge on any atom is -0.444 e. The summed E-state index contributed by atoms with van der Waals surface area (Å²) in [6, 6.07) is 0. The highest BCUT2D eigenvalue weighted by atomic mass is 16.6. The third kappa shape index (κ3) is 2.95. The molecule has 1 aliphatic carbocycles. The first-order valence-electron chi connectivity index (χ1n) is 6.57. The lowest BCUT2D eigenvalue weighted by molar-refractivity contribution is -0.0797. The van der Waals surface area contributed by atoms with E-state index in [9.17, 15) is 9.90 Å². The van der Waals surface area contributed by atoms with Crippen molar-refractivity contribution in [3.63, 3.8) is 0 Å². The fraction of sp³-hybridized carbons (Fsp3) is 0.923. The van der Waals surface area contributed by atoms with Gasteiger partial charge in [-0.15, -0.1) is 0 Å². The molecule has 1 heterocycles. The molecule has 1 saturated carbocycles. The predicted molar refractivity (Wildman–Crippen MR) is 66.3 cm³/mol. The van der Waals surface area contributed by atoms with Crippen molar-refractivity contribution in [2.45, 2.75) is 45.3 Å². The summed E-state index contributed by atoms with van der Waals surface area (Å²) < 4.78 is 11.1. The molecule has 2 rings (SSSR count). The number of aliphatic hydroxyl groups excluding tert-OH is 1. The maximum atomic E-state index is 12.0. The minimum absolute atomic E-state index is 0.0521. The van der Waals surface area contributed by atoms with E-state index < -0.39 is 5.60 Å². The smallest absolute Gasteiger partial charge is 0.410 e. The first kappa shape index (κ1) is 13.6. The van der Waals surface area contributed by atoms with Crippen LogP contribution in [0.2, 0.25) is 0 Å². The lowest BCUT2D eigenvalue weighted by Crippen LogP contribution is -2.50. The molecular formula is C13H23NO4. The average Bonchev–Trinajstić information content (AvgIpc) is 3.08. The highest BCUT2D eigenvalue weighted by molar-refractivity contribution is 5.68. The zero-order chi connectivity index (χ0) is 13.4. The maximum absolute atomic E-state index is 12.0. The van der Waals surface area contributed by atoms with Gasteiger partial charge < -0.3 is 19.5 Å². The number of aliphatic hydroxyl groups is 1. The number of rotatable bonds is 2. The Labute approximate surface area is 108 Å². The van der Waals surface area contributed by atoms with Gasteiger partial charge in [-0.05, 0) is 33.6 Å². The molecule has 5 heteroatoms. The van der Waals surface area contributed by atoms with Gasteiger partial charge in [0.1, 0.15) is 5.60 Å². The number of amides is 1. The second-order valence-electron chi connectivity index (χ2n) is 6.31. The first-order valence-corrected chi connectivity index (χ1v) is 6.57. The van der Waals surface area contributed by atoms with Gasteiger partial charge in [0.25, 0.3) is 0 Å². The molecule has 104 valence electrons. The summed E-state index contributed by atoms with van der Waals surface area (Å²) >= 11 is 0. The van der Waals surface area contributed by atoms with Crippen LogP contribution < -0.4 is 0 Å². The highest BCUT2D eigenvalue weighted by Crippen LogP contribution is 2.50. The first-order chi connectivity index (χ1) is 8.36. The van der Waals surface area contributed by atoms with E-state index in [4.69, 9.17) is 9.47 Å². The summed E-state index contributed by atoms with van der Waals surface area (Å²) in [7, 11) is 0. The molecule has 18 heavy (non-hydrogen) atoms. The lowest BCUT2D eigenvalue weighted by atomic mass is 9.99. The van der Waals surface area contributed by atoms with Gasteiger partial charge in [0.05, 0.1) is 25.9 Å². The van der Waals surface area contributed by atoms with Crippen molar-refractivity contribution in [3.05, 3.63) is 0 Å². The van der Waals surface area contributed by atoms with E-state index in [-0.39, 0.29) is 24.2 Å². The molecule has 1 N–H and O–H groups in total. The second-order valence-corrected chi connectivity index (χ2v) is 6.31. The van der Waals surface area contributed by atoms with Crippen molar-refractivity contribution >= 4 is 6.09 Å². The van der Waals surface area contributed by atoms with Crippen LogP contribution in [0.3, 0.4) is 0 Å². The van der Waals surface area contributed by atoms with E-state index in [1.807, 2.05) is 20.8 Å². The van der Waals surface area contributed by atoms with Crippen LogP contribution in [0, 0.1) is 5.41 Å². The number of carbonyl (C=O) groups excluding carboxylic acids is 1. The van der Waals surface area contributed by atoms with Crippen LogP contribution in [0.1, 0.15) is 33.6 Å². The van der Waals surface area contributed by atoms with Crippen molar-refractivity contribution in [1.82, 2.24) is 4.90 Å². The molecule has 0 radical (unpaired) electrons. The number of carbonyl (C=O) groups is 1. The Morgan fingerprint density at radius 2 is 2.17 bits per heavy atom. The monoisotopic (exact) mass is 257 g/mol. The van der Waals surface area contributed by atoms with Crippen LogP contribution in [0.15, 0.2) is 0 Å². The highest BCUT2D eigenvalue weighted by Gasteiger charge is 2.51. The Balaban J connectivity index is 1.93. The van der Waals surface area contributed by atoms with Gasteiger partial charge >= 0.3 is 6.09 Å². The molecule has 0 aromatic carbocycles. The van der Waals surface area contributed by atoms with Gasteiger partial charge in [0.2, 0.25) is 0 Å². The van der Waals surface area contributed by atoms with Crippen molar-refractivity contribution in [1.29, 1.82) is 0 Å². The summed E-state index contributed by atoms with van der Waals surface area (Å²) in [4.78, 5) is 13.7. The van der Waals surface area contributed by atoms with Crippen molar-refractivity contribution in [2.75, 3.05) is 26.3 Å². The molecule has 0 aromatic rings. The summed E-state index contributed by atoms with van der Waals surface area (Å²) in [6.07, 6.45) is 1.63.